The molecule has 0 aliphatic heterocycles. The molecule has 3 nitrogen and oxygen atoms in total. The van der Waals surface area contributed by atoms with E-state index in [1.807, 2.05) is 25.1 Å². The van der Waals surface area contributed by atoms with Crippen LogP contribution < -0.4 is 5.32 Å². The van der Waals surface area contributed by atoms with Crippen molar-refractivity contribution < 1.29 is 4.42 Å². The molecule has 14 heavy (non-hydrogen) atoms. The quantitative estimate of drug-likeness (QED) is 0.806. The van der Waals surface area contributed by atoms with Gasteiger partial charge >= 0.3 is 0 Å². The van der Waals surface area contributed by atoms with Crippen LogP contribution in [-0.2, 0) is 6.54 Å². The van der Waals surface area contributed by atoms with E-state index in [0.29, 0.717) is 6.54 Å². The van der Waals surface area contributed by atoms with Crippen molar-refractivity contribution >= 4 is 11.1 Å². The first-order chi connectivity index (χ1) is 6.79. The summed E-state index contributed by atoms with van der Waals surface area (Å²) in [4.78, 5) is 4.36. The molecule has 0 saturated carbocycles. The minimum absolute atomic E-state index is 0.699. The fourth-order valence-corrected chi connectivity index (χ4v) is 1.39. The second kappa shape index (κ2) is 3.80. The van der Waals surface area contributed by atoms with Crippen LogP contribution in [0.1, 0.15) is 18.4 Å². The van der Waals surface area contributed by atoms with Crippen molar-refractivity contribution in [3.05, 3.63) is 29.7 Å². The van der Waals surface area contributed by atoms with Gasteiger partial charge in [0.1, 0.15) is 5.52 Å². The van der Waals surface area contributed by atoms with E-state index >= 15 is 0 Å². The van der Waals surface area contributed by atoms with Gasteiger partial charge in [0.2, 0.25) is 5.89 Å². The summed E-state index contributed by atoms with van der Waals surface area (Å²) in [6, 6.07) is 6.04. The van der Waals surface area contributed by atoms with Crippen molar-refractivity contribution in [3.8, 4) is 0 Å². The lowest BCUT2D eigenvalue weighted by Crippen LogP contribution is -2.11. The van der Waals surface area contributed by atoms with Crippen LogP contribution >= 0.6 is 0 Å². The number of benzene rings is 1. The maximum absolute atomic E-state index is 5.58. The number of rotatable bonds is 3. The van der Waals surface area contributed by atoms with Crippen molar-refractivity contribution in [1.29, 1.82) is 0 Å². The molecule has 2 rings (SSSR count). The summed E-state index contributed by atoms with van der Waals surface area (Å²) in [5.41, 5.74) is 3.00. The van der Waals surface area contributed by atoms with Crippen molar-refractivity contribution in [3.63, 3.8) is 0 Å². The van der Waals surface area contributed by atoms with Gasteiger partial charge in [-0.05, 0) is 31.2 Å². The molecule has 0 amide bonds. The summed E-state index contributed by atoms with van der Waals surface area (Å²) in [5, 5.41) is 3.18. The van der Waals surface area contributed by atoms with Crippen LogP contribution in [0.5, 0.6) is 0 Å². The van der Waals surface area contributed by atoms with E-state index in [0.717, 1.165) is 23.5 Å². The molecule has 0 radical (unpaired) electrons. The number of aryl methyl sites for hydroxylation is 1. The zero-order chi connectivity index (χ0) is 9.97. The molecule has 0 fully saturated rings. The molecule has 3 heteroatoms. The van der Waals surface area contributed by atoms with Gasteiger partial charge in [0.05, 0.1) is 6.54 Å². The smallest absolute Gasteiger partial charge is 0.209 e. The standard InChI is InChI=1S/C11H14N2O/c1-3-12-7-11-13-9-5-4-8(2)6-10(9)14-11/h4-6,12H,3,7H2,1-2H3. The summed E-state index contributed by atoms with van der Waals surface area (Å²) in [6.45, 7) is 5.74. The van der Waals surface area contributed by atoms with Gasteiger partial charge in [0.15, 0.2) is 5.58 Å². The molecule has 0 bridgehead atoms. The Hall–Kier alpha value is -1.35. The predicted molar refractivity (Wildman–Crippen MR) is 56.1 cm³/mol. The first-order valence-electron chi connectivity index (χ1n) is 4.86. The average Bonchev–Trinajstić information content (AvgIpc) is 2.56. The van der Waals surface area contributed by atoms with Crippen LogP contribution in [-0.4, -0.2) is 11.5 Å². The molecule has 1 aromatic carbocycles. The first kappa shape index (κ1) is 9.21. The van der Waals surface area contributed by atoms with Gasteiger partial charge in [-0.3, -0.25) is 0 Å². The van der Waals surface area contributed by atoms with Crippen LogP contribution in [0, 0.1) is 6.92 Å². The maximum Gasteiger partial charge on any atom is 0.209 e. The Morgan fingerprint density at radius 1 is 1.43 bits per heavy atom. The lowest BCUT2D eigenvalue weighted by atomic mass is 10.2. The van der Waals surface area contributed by atoms with Crippen LogP contribution in [0.4, 0.5) is 0 Å². The van der Waals surface area contributed by atoms with Crippen molar-refractivity contribution in [2.45, 2.75) is 20.4 Å². The Morgan fingerprint density at radius 2 is 2.29 bits per heavy atom. The highest BCUT2D eigenvalue weighted by Gasteiger charge is 2.04. The SMILES string of the molecule is CCNCc1nc2ccc(C)cc2o1. The minimum atomic E-state index is 0.699. The number of hydrogen-bond acceptors (Lipinski definition) is 3. The summed E-state index contributed by atoms with van der Waals surface area (Å²) in [7, 11) is 0. The molecule has 0 aliphatic carbocycles. The molecule has 0 spiro atoms. The molecule has 1 heterocycles. The number of hydrogen-bond donors (Lipinski definition) is 1. The van der Waals surface area contributed by atoms with E-state index in [1.165, 1.54) is 5.56 Å². The van der Waals surface area contributed by atoms with E-state index in [2.05, 4.69) is 17.2 Å². The Morgan fingerprint density at radius 3 is 3.07 bits per heavy atom. The molecule has 2 aromatic rings. The monoisotopic (exact) mass is 190 g/mol. The summed E-state index contributed by atoms with van der Waals surface area (Å²) >= 11 is 0. The van der Waals surface area contributed by atoms with E-state index in [9.17, 15) is 0 Å². The van der Waals surface area contributed by atoms with Crippen LogP contribution in [0.3, 0.4) is 0 Å². The average molecular weight is 190 g/mol. The highest BCUT2D eigenvalue weighted by Crippen LogP contribution is 2.16. The first-order valence-corrected chi connectivity index (χ1v) is 4.86. The number of nitrogens with zero attached hydrogens (tertiary/aromatic N) is 1. The molecule has 74 valence electrons. The zero-order valence-corrected chi connectivity index (χ0v) is 8.50. The molecule has 0 atom stereocenters. The Bertz CT molecular complexity index is 434. The van der Waals surface area contributed by atoms with E-state index in [1.54, 1.807) is 0 Å². The fourth-order valence-electron chi connectivity index (χ4n) is 1.39. The number of oxazole rings is 1. The molecule has 0 unspecified atom stereocenters. The third-order valence-corrected chi connectivity index (χ3v) is 2.11. The van der Waals surface area contributed by atoms with Gasteiger partial charge in [-0.15, -0.1) is 0 Å². The van der Waals surface area contributed by atoms with E-state index in [4.69, 9.17) is 4.42 Å². The Kier molecular flexibility index (Phi) is 2.50. The lowest BCUT2D eigenvalue weighted by molar-refractivity contribution is 0.501. The third-order valence-electron chi connectivity index (χ3n) is 2.11. The van der Waals surface area contributed by atoms with Gasteiger partial charge in [0.25, 0.3) is 0 Å². The summed E-state index contributed by atoms with van der Waals surface area (Å²) in [5.74, 6) is 0.757. The third kappa shape index (κ3) is 1.77. The zero-order valence-electron chi connectivity index (χ0n) is 8.50. The van der Waals surface area contributed by atoms with E-state index < -0.39 is 0 Å². The van der Waals surface area contributed by atoms with Crippen LogP contribution in [0.15, 0.2) is 22.6 Å². The highest BCUT2D eigenvalue weighted by molar-refractivity contribution is 5.73. The second-order valence-corrected chi connectivity index (χ2v) is 3.36. The molecule has 1 aromatic heterocycles. The Balaban J connectivity index is 2.32. The highest BCUT2D eigenvalue weighted by atomic mass is 16.3. The van der Waals surface area contributed by atoms with Crippen molar-refractivity contribution in [1.82, 2.24) is 10.3 Å². The normalized spacial score (nSPS) is 11.0. The lowest BCUT2D eigenvalue weighted by Gasteiger charge is -1.93. The number of nitrogens with one attached hydrogen (secondary N) is 1. The maximum atomic E-state index is 5.58. The largest absolute Gasteiger partial charge is 0.439 e. The number of aromatic nitrogens is 1. The van der Waals surface area contributed by atoms with E-state index in [-0.39, 0.29) is 0 Å². The van der Waals surface area contributed by atoms with Gasteiger partial charge in [-0.25, -0.2) is 4.98 Å². The fraction of sp³-hybridized carbons (Fsp3) is 0.364. The van der Waals surface area contributed by atoms with Crippen molar-refractivity contribution in [2.75, 3.05) is 6.54 Å². The summed E-state index contributed by atoms with van der Waals surface area (Å²) < 4.78 is 5.58. The number of fused-ring (bicyclic) bond motifs is 1. The van der Waals surface area contributed by atoms with Gasteiger partial charge in [-0.2, -0.15) is 0 Å². The molecular weight excluding hydrogens is 176 g/mol. The van der Waals surface area contributed by atoms with Gasteiger partial charge < -0.3 is 9.73 Å². The summed E-state index contributed by atoms with van der Waals surface area (Å²) in [6.07, 6.45) is 0. The topological polar surface area (TPSA) is 38.1 Å². The Labute approximate surface area is 83.1 Å². The van der Waals surface area contributed by atoms with Crippen LogP contribution in [0.25, 0.3) is 11.1 Å². The minimum Gasteiger partial charge on any atom is -0.439 e. The molecule has 0 aliphatic rings. The van der Waals surface area contributed by atoms with Gasteiger partial charge in [0, 0.05) is 0 Å². The van der Waals surface area contributed by atoms with Crippen LogP contribution in [0.2, 0.25) is 0 Å². The second-order valence-electron chi connectivity index (χ2n) is 3.36. The molecular formula is C11H14N2O. The van der Waals surface area contributed by atoms with Gasteiger partial charge in [-0.1, -0.05) is 13.0 Å². The predicted octanol–water partition coefficient (Wildman–Crippen LogP) is 2.25. The molecule has 0 saturated heterocycles. The molecule has 1 N–H and O–H groups in total. The van der Waals surface area contributed by atoms with Crippen molar-refractivity contribution in [2.24, 2.45) is 0 Å².